The third-order valence-corrected chi connectivity index (χ3v) is 3.99. The molecule has 1 heterocycles. The highest BCUT2D eigenvalue weighted by molar-refractivity contribution is 9.10. The number of halogens is 2. The number of amides is 1. The number of carbonyl (C=O) groups excluding carboxylic acids is 1. The highest BCUT2D eigenvalue weighted by atomic mass is 79.9. The lowest BCUT2D eigenvalue weighted by Gasteiger charge is -1.97. The maximum atomic E-state index is 11.9. The summed E-state index contributed by atoms with van der Waals surface area (Å²) in [4.78, 5) is 14.7. The summed E-state index contributed by atoms with van der Waals surface area (Å²) in [5, 5.41) is 18.8. The quantitative estimate of drug-likeness (QED) is 0.605. The maximum absolute atomic E-state index is 11.9. The Morgan fingerprint density at radius 3 is 2.70 bits per heavy atom. The summed E-state index contributed by atoms with van der Waals surface area (Å²) in [6, 6.07) is 12.4. The summed E-state index contributed by atoms with van der Waals surface area (Å²) in [7, 11) is 0. The minimum Gasteiger partial charge on any atom is -0.493 e. The molecule has 0 radical (unpaired) electrons. The predicted octanol–water partition coefficient (Wildman–Crippen LogP) is 5.14. The van der Waals surface area contributed by atoms with Crippen molar-refractivity contribution in [3.8, 4) is 5.88 Å². The van der Waals surface area contributed by atoms with Crippen molar-refractivity contribution in [1.29, 1.82) is 0 Å². The van der Waals surface area contributed by atoms with Gasteiger partial charge in [0.2, 0.25) is 5.88 Å². The largest absolute Gasteiger partial charge is 0.493 e. The van der Waals surface area contributed by atoms with Crippen LogP contribution in [0, 0.1) is 0 Å². The van der Waals surface area contributed by atoms with Crippen molar-refractivity contribution >= 4 is 50.0 Å². The van der Waals surface area contributed by atoms with Crippen LogP contribution < -0.4 is 0 Å². The second-order valence-corrected chi connectivity index (χ2v) is 6.26. The number of azo groups is 1. The smallest absolute Gasteiger partial charge is 0.269 e. The second-order valence-electron chi connectivity index (χ2n) is 4.91. The number of aromatic hydroxyl groups is 1. The number of H-pyrrole nitrogens is 1. The van der Waals surface area contributed by atoms with Gasteiger partial charge in [-0.15, -0.1) is 10.2 Å². The summed E-state index contributed by atoms with van der Waals surface area (Å²) < 4.78 is 0.841. The van der Waals surface area contributed by atoms with Crippen LogP contribution in [0.25, 0.3) is 10.9 Å². The van der Waals surface area contributed by atoms with Crippen molar-refractivity contribution in [1.82, 2.24) is 4.98 Å². The van der Waals surface area contributed by atoms with E-state index in [0.717, 1.165) is 10.0 Å². The molecule has 116 valence electrons. The van der Waals surface area contributed by atoms with Crippen molar-refractivity contribution in [3.63, 3.8) is 0 Å². The Balaban J connectivity index is 1.82. The third-order valence-electron chi connectivity index (χ3n) is 3.24. The summed E-state index contributed by atoms with van der Waals surface area (Å²) in [6.07, 6.45) is 0.119. The van der Waals surface area contributed by atoms with E-state index in [1.807, 2.05) is 6.07 Å². The maximum Gasteiger partial charge on any atom is 0.269 e. The van der Waals surface area contributed by atoms with Gasteiger partial charge in [-0.3, -0.25) is 4.79 Å². The second kappa shape index (κ2) is 6.52. The van der Waals surface area contributed by atoms with Crippen LogP contribution in [0.1, 0.15) is 5.56 Å². The van der Waals surface area contributed by atoms with Gasteiger partial charge in [-0.05, 0) is 35.9 Å². The Labute approximate surface area is 145 Å². The minimum absolute atomic E-state index is 0.119. The number of nitrogens with one attached hydrogen (secondary N) is 1. The molecule has 3 rings (SSSR count). The first-order valence-electron chi connectivity index (χ1n) is 6.72. The van der Waals surface area contributed by atoms with Gasteiger partial charge < -0.3 is 10.1 Å². The van der Waals surface area contributed by atoms with Gasteiger partial charge in [0, 0.05) is 14.9 Å². The van der Waals surface area contributed by atoms with Crippen LogP contribution in [-0.4, -0.2) is 16.0 Å². The van der Waals surface area contributed by atoms with E-state index in [1.54, 1.807) is 36.4 Å². The van der Waals surface area contributed by atoms with Crippen LogP contribution in [0.3, 0.4) is 0 Å². The number of benzene rings is 2. The van der Waals surface area contributed by atoms with Gasteiger partial charge in [-0.2, -0.15) is 0 Å². The van der Waals surface area contributed by atoms with E-state index in [1.165, 1.54) is 0 Å². The molecule has 0 atom stereocenters. The zero-order valence-corrected chi connectivity index (χ0v) is 14.1. The number of carbonyl (C=O) groups is 1. The van der Waals surface area contributed by atoms with Gasteiger partial charge in [0.15, 0.2) is 5.69 Å². The molecule has 0 bridgehead atoms. The lowest BCUT2D eigenvalue weighted by Crippen LogP contribution is -1.97. The molecule has 0 saturated heterocycles. The van der Waals surface area contributed by atoms with E-state index >= 15 is 0 Å². The molecule has 0 fully saturated rings. The van der Waals surface area contributed by atoms with Gasteiger partial charge in [-0.25, -0.2) is 0 Å². The lowest BCUT2D eigenvalue weighted by molar-refractivity contribution is -0.117. The van der Waals surface area contributed by atoms with Gasteiger partial charge >= 0.3 is 0 Å². The minimum atomic E-state index is -0.406. The average Bonchev–Trinajstić information content (AvgIpc) is 2.82. The highest BCUT2D eigenvalue weighted by Crippen LogP contribution is 2.36. The Bertz CT molecular complexity index is 904. The van der Waals surface area contributed by atoms with Crippen LogP contribution in [-0.2, 0) is 11.2 Å². The molecule has 2 aromatic carbocycles. The van der Waals surface area contributed by atoms with Crippen molar-refractivity contribution in [3.05, 3.63) is 57.5 Å². The van der Waals surface area contributed by atoms with Crippen LogP contribution >= 0.6 is 27.5 Å². The lowest BCUT2D eigenvalue weighted by atomic mass is 10.1. The van der Waals surface area contributed by atoms with Crippen LogP contribution in [0.5, 0.6) is 5.88 Å². The van der Waals surface area contributed by atoms with E-state index in [9.17, 15) is 9.90 Å². The first-order chi connectivity index (χ1) is 11.0. The number of rotatable bonds is 3. The Kier molecular flexibility index (Phi) is 4.45. The molecular formula is C16H11BrClN3O2. The molecule has 0 aliphatic rings. The monoisotopic (exact) mass is 391 g/mol. The molecule has 5 nitrogen and oxygen atoms in total. The van der Waals surface area contributed by atoms with Gasteiger partial charge in [0.25, 0.3) is 5.91 Å². The number of aromatic amines is 1. The topological polar surface area (TPSA) is 77.8 Å². The molecule has 1 amide bonds. The molecule has 7 heteroatoms. The van der Waals surface area contributed by atoms with Gasteiger partial charge in [0.1, 0.15) is 0 Å². The predicted molar refractivity (Wildman–Crippen MR) is 92.3 cm³/mol. The molecule has 0 saturated carbocycles. The Hall–Kier alpha value is -2.18. The molecular weight excluding hydrogens is 382 g/mol. The summed E-state index contributed by atoms with van der Waals surface area (Å²) >= 11 is 9.16. The fourth-order valence-electron chi connectivity index (χ4n) is 2.15. The number of nitrogens with zero attached hydrogens (tertiary/aromatic N) is 2. The fourth-order valence-corrected chi connectivity index (χ4v) is 2.64. The number of aromatic nitrogens is 1. The average molecular weight is 393 g/mol. The van der Waals surface area contributed by atoms with E-state index in [0.29, 0.717) is 15.9 Å². The highest BCUT2D eigenvalue weighted by Gasteiger charge is 2.11. The van der Waals surface area contributed by atoms with E-state index in [-0.39, 0.29) is 18.0 Å². The fraction of sp³-hybridized carbons (Fsp3) is 0.0625. The molecule has 0 aliphatic carbocycles. The molecule has 1 aromatic heterocycles. The number of fused-ring (bicyclic) bond motifs is 1. The Morgan fingerprint density at radius 2 is 1.96 bits per heavy atom. The SMILES string of the molecule is O=C(Cc1ccc(Cl)cc1)N=Nc1c(O)[nH]c2ccc(Br)cc12. The molecule has 0 unspecified atom stereocenters. The van der Waals surface area contributed by atoms with Crippen LogP contribution in [0.4, 0.5) is 5.69 Å². The van der Waals surface area contributed by atoms with Gasteiger partial charge in [-0.1, -0.05) is 39.7 Å². The number of hydrogen-bond acceptors (Lipinski definition) is 3. The number of hydrogen-bond donors (Lipinski definition) is 2. The summed E-state index contributed by atoms with van der Waals surface area (Å²) in [6.45, 7) is 0. The van der Waals surface area contributed by atoms with E-state index in [2.05, 4.69) is 31.1 Å². The Morgan fingerprint density at radius 1 is 1.22 bits per heavy atom. The summed E-state index contributed by atoms with van der Waals surface area (Å²) in [5.41, 5.74) is 1.75. The zero-order valence-electron chi connectivity index (χ0n) is 11.8. The van der Waals surface area contributed by atoms with E-state index < -0.39 is 5.91 Å². The van der Waals surface area contributed by atoms with Gasteiger partial charge in [0.05, 0.1) is 11.9 Å². The third kappa shape index (κ3) is 3.60. The molecule has 2 N–H and O–H groups in total. The molecule has 0 spiro atoms. The van der Waals surface area contributed by atoms with Crippen molar-refractivity contribution in [2.24, 2.45) is 10.2 Å². The summed E-state index contributed by atoms with van der Waals surface area (Å²) in [5.74, 6) is -0.530. The van der Waals surface area contributed by atoms with Crippen molar-refractivity contribution in [2.45, 2.75) is 6.42 Å². The normalized spacial score (nSPS) is 11.4. The first kappa shape index (κ1) is 15.7. The molecule has 0 aliphatic heterocycles. The van der Waals surface area contributed by atoms with E-state index in [4.69, 9.17) is 11.6 Å². The first-order valence-corrected chi connectivity index (χ1v) is 7.89. The molecule has 23 heavy (non-hydrogen) atoms. The van der Waals surface area contributed by atoms with Crippen molar-refractivity contribution in [2.75, 3.05) is 0 Å². The van der Waals surface area contributed by atoms with Crippen LogP contribution in [0.2, 0.25) is 5.02 Å². The standard InChI is InChI=1S/C16H11BrClN3O2/c17-10-3-6-13-12(8-10)15(16(23)19-13)21-20-14(22)7-9-1-4-11(18)5-2-9/h1-6,8,19,23H,7H2. The van der Waals surface area contributed by atoms with Crippen LogP contribution in [0.15, 0.2) is 57.2 Å². The zero-order chi connectivity index (χ0) is 16.4. The van der Waals surface area contributed by atoms with Crippen molar-refractivity contribution < 1.29 is 9.90 Å². The molecule has 3 aromatic rings.